The fourth-order valence-electron chi connectivity index (χ4n) is 1.48. The topological polar surface area (TPSA) is 107 Å². The summed E-state index contributed by atoms with van der Waals surface area (Å²) in [5, 5.41) is 28.9. The van der Waals surface area contributed by atoms with Crippen molar-refractivity contribution in [1.82, 2.24) is 5.32 Å². The normalized spacial score (nSPS) is 10.1. The van der Waals surface area contributed by atoms with Gasteiger partial charge in [-0.3, -0.25) is 9.59 Å². The zero-order valence-electron chi connectivity index (χ0n) is 9.97. The van der Waals surface area contributed by atoms with Crippen molar-refractivity contribution in [2.45, 2.75) is 19.4 Å². The first-order valence-corrected chi connectivity index (χ1v) is 5.53. The maximum Gasteiger partial charge on any atom is 0.488 e. The highest BCUT2D eigenvalue weighted by atomic mass is 19.1. The molecule has 0 aliphatic rings. The lowest BCUT2D eigenvalue weighted by molar-refractivity contribution is -0.138. The molecule has 0 fully saturated rings. The molecule has 0 saturated heterocycles. The van der Waals surface area contributed by atoms with Crippen molar-refractivity contribution in [2.75, 3.05) is 0 Å². The first-order valence-electron chi connectivity index (χ1n) is 5.53. The van der Waals surface area contributed by atoms with E-state index in [4.69, 9.17) is 15.2 Å². The highest BCUT2D eigenvalue weighted by molar-refractivity contribution is 6.59. The SMILES string of the molecule is O=C(O)CCC(=O)NCc1cc(F)ccc1B(O)O. The average molecular weight is 269 g/mol. The third-order valence-corrected chi connectivity index (χ3v) is 2.43. The van der Waals surface area contributed by atoms with Crippen molar-refractivity contribution in [3.05, 3.63) is 29.6 Å². The summed E-state index contributed by atoms with van der Waals surface area (Å²) in [5.74, 6) is -2.17. The Morgan fingerprint density at radius 3 is 2.53 bits per heavy atom. The Bertz CT molecular complexity index is 480. The quantitative estimate of drug-likeness (QED) is 0.495. The third-order valence-electron chi connectivity index (χ3n) is 2.43. The minimum Gasteiger partial charge on any atom is -0.481 e. The monoisotopic (exact) mass is 269 g/mol. The Morgan fingerprint density at radius 1 is 1.26 bits per heavy atom. The molecule has 0 atom stereocenters. The predicted molar refractivity (Wildman–Crippen MR) is 64.9 cm³/mol. The number of carboxylic acids is 1. The number of amides is 1. The molecule has 1 rings (SSSR count). The molecule has 0 saturated carbocycles. The highest BCUT2D eigenvalue weighted by Gasteiger charge is 2.17. The van der Waals surface area contributed by atoms with Crippen LogP contribution in [0.3, 0.4) is 0 Å². The first kappa shape index (κ1) is 15.1. The molecule has 0 aliphatic carbocycles. The largest absolute Gasteiger partial charge is 0.488 e. The summed E-state index contributed by atoms with van der Waals surface area (Å²) < 4.78 is 13.0. The standard InChI is InChI=1S/C11H13BFNO5/c13-8-1-2-9(12(18)19)7(5-8)6-14-10(15)3-4-11(16)17/h1-2,5,18-19H,3-4,6H2,(H,14,15)(H,16,17). The van der Waals surface area contributed by atoms with Crippen molar-refractivity contribution < 1.29 is 29.1 Å². The highest BCUT2D eigenvalue weighted by Crippen LogP contribution is 2.02. The molecule has 6 nitrogen and oxygen atoms in total. The Labute approximate surface area is 109 Å². The number of hydrogen-bond acceptors (Lipinski definition) is 4. The molecule has 0 bridgehead atoms. The van der Waals surface area contributed by atoms with Gasteiger partial charge in [0.15, 0.2) is 0 Å². The van der Waals surface area contributed by atoms with Crippen LogP contribution in [-0.4, -0.2) is 34.1 Å². The van der Waals surface area contributed by atoms with Crippen LogP contribution in [0.1, 0.15) is 18.4 Å². The van der Waals surface area contributed by atoms with E-state index in [1.165, 1.54) is 6.07 Å². The molecule has 0 heterocycles. The summed E-state index contributed by atoms with van der Waals surface area (Å²) in [6.07, 6.45) is -0.494. The lowest BCUT2D eigenvalue weighted by atomic mass is 9.77. The minimum atomic E-state index is -1.77. The van der Waals surface area contributed by atoms with Gasteiger partial charge in [0, 0.05) is 13.0 Å². The molecule has 1 aromatic carbocycles. The number of nitrogens with one attached hydrogen (secondary N) is 1. The van der Waals surface area contributed by atoms with Gasteiger partial charge in [0.25, 0.3) is 0 Å². The van der Waals surface area contributed by atoms with Gasteiger partial charge in [-0.2, -0.15) is 0 Å². The number of hydrogen-bond donors (Lipinski definition) is 4. The summed E-state index contributed by atoms with van der Waals surface area (Å²) in [4.78, 5) is 21.6. The van der Waals surface area contributed by atoms with Gasteiger partial charge in [0.1, 0.15) is 5.82 Å². The van der Waals surface area contributed by atoms with Crippen LogP contribution in [0.5, 0.6) is 0 Å². The van der Waals surface area contributed by atoms with E-state index in [0.29, 0.717) is 0 Å². The maximum atomic E-state index is 13.0. The molecule has 102 valence electrons. The number of carbonyl (C=O) groups excluding carboxylic acids is 1. The van der Waals surface area contributed by atoms with Gasteiger partial charge in [-0.1, -0.05) is 6.07 Å². The molecule has 0 aromatic heterocycles. The van der Waals surface area contributed by atoms with E-state index in [1.54, 1.807) is 0 Å². The van der Waals surface area contributed by atoms with Gasteiger partial charge >= 0.3 is 13.1 Å². The first-order chi connectivity index (χ1) is 8.90. The van der Waals surface area contributed by atoms with E-state index >= 15 is 0 Å². The number of halogens is 1. The van der Waals surface area contributed by atoms with Gasteiger partial charge in [-0.25, -0.2) is 4.39 Å². The van der Waals surface area contributed by atoms with Crippen LogP contribution in [0.15, 0.2) is 18.2 Å². The van der Waals surface area contributed by atoms with Gasteiger partial charge in [0.2, 0.25) is 5.91 Å². The van der Waals surface area contributed by atoms with Crippen LogP contribution in [0.2, 0.25) is 0 Å². The zero-order chi connectivity index (χ0) is 14.4. The second kappa shape index (κ2) is 6.86. The minimum absolute atomic E-state index is 0.0833. The number of benzene rings is 1. The average Bonchev–Trinajstić information content (AvgIpc) is 2.33. The second-order valence-corrected chi connectivity index (χ2v) is 3.89. The van der Waals surface area contributed by atoms with Crippen LogP contribution in [0.25, 0.3) is 0 Å². The van der Waals surface area contributed by atoms with E-state index in [1.807, 2.05) is 0 Å². The maximum absolute atomic E-state index is 13.0. The lowest BCUT2D eigenvalue weighted by Crippen LogP contribution is -2.36. The fourth-order valence-corrected chi connectivity index (χ4v) is 1.48. The molecule has 4 N–H and O–H groups in total. The van der Waals surface area contributed by atoms with E-state index in [9.17, 15) is 14.0 Å². The van der Waals surface area contributed by atoms with Crippen molar-refractivity contribution in [2.24, 2.45) is 0 Å². The van der Waals surface area contributed by atoms with Gasteiger partial charge in [-0.05, 0) is 23.2 Å². The number of aliphatic carboxylic acids is 1. The lowest BCUT2D eigenvalue weighted by Gasteiger charge is -2.10. The molecule has 1 aromatic rings. The smallest absolute Gasteiger partial charge is 0.481 e. The molecular weight excluding hydrogens is 256 g/mol. The molecule has 0 unspecified atom stereocenters. The Morgan fingerprint density at radius 2 is 1.95 bits per heavy atom. The Kier molecular flexibility index (Phi) is 5.46. The number of carbonyl (C=O) groups is 2. The second-order valence-electron chi connectivity index (χ2n) is 3.89. The van der Waals surface area contributed by atoms with Crippen molar-refractivity contribution in [3.8, 4) is 0 Å². The molecular formula is C11H13BFNO5. The van der Waals surface area contributed by atoms with Crippen molar-refractivity contribution in [1.29, 1.82) is 0 Å². The third kappa shape index (κ3) is 5.06. The Balaban J connectivity index is 2.64. The molecule has 0 spiro atoms. The summed E-state index contributed by atoms with van der Waals surface area (Å²) in [6, 6.07) is 3.36. The van der Waals surface area contributed by atoms with E-state index in [0.717, 1.165) is 12.1 Å². The van der Waals surface area contributed by atoms with Crippen molar-refractivity contribution in [3.63, 3.8) is 0 Å². The fraction of sp³-hybridized carbons (Fsp3) is 0.273. The number of rotatable bonds is 6. The molecule has 0 radical (unpaired) electrons. The van der Waals surface area contributed by atoms with E-state index in [2.05, 4.69) is 5.32 Å². The van der Waals surface area contributed by atoms with Crippen LogP contribution >= 0.6 is 0 Å². The van der Waals surface area contributed by atoms with Crippen LogP contribution in [0, 0.1) is 5.82 Å². The molecule has 1 amide bonds. The summed E-state index contributed by atoms with van der Waals surface area (Å²) >= 11 is 0. The van der Waals surface area contributed by atoms with Gasteiger partial charge in [-0.15, -0.1) is 0 Å². The summed E-state index contributed by atoms with van der Waals surface area (Å²) in [7, 11) is -1.77. The van der Waals surface area contributed by atoms with Crippen molar-refractivity contribution >= 4 is 24.5 Å². The van der Waals surface area contributed by atoms with Gasteiger partial charge < -0.3 is 20.5 Å². The van der Waals surface area contributed by atoms with Crippen LogP contribution in [-0.2, 0) is 16.1 Å². The number of carboxylic acid groups (broad SMARTS) is 1. The summed E-state index contributed by atoms with van der Waals surface area (Å²) in [5.41, 5.74) is 0.304. The predicted octanol–water partition coefficient (Wildman–Crippen LogP) is -1.01. The molecule has 0 aliphatic heterocycles. The van der Waals surface area contributed by atoms with Gasteiger partial charge in [0.05, 0.1) is 6.42 Å². The Hall–Kier alpha value is -1.93. The van der Waals surface area contributed by atoms with Crippen LogP contribution in [0.4, 0.5) is 4.39 Å². The summed E-state index contributed by atoms with van der Waals surface area (Å²) in [6.45, 7) is -0.108. The zero-order valence-corrected chi connectivity index (χ0v) is 9.97. The van der Waals surface area contributed by atoms with Crippen LogP contribution < -0.4 is 10.8 Å². The van der Waals surface area contributed by atoms with E-state index in [-0.39, 0.29) is 30.4 Å². The molecule has 19 heavy (non-hydrogen) atoms. The van der Waals surface area contributed by atoms with E-state index < -0.39 is 24.8 Å². The molecule has 8 heteroatoms.